The Bertz CT molecular complexity index is 773. The second-order valence-corrected chi connectivity index (χ2v) is 7.46. The molecule has 1 fully saturated rings. The molecule has 2 atom stereocenters. The third-order valence-corrected chi connectivity index (χ3v) is 4.87. The number of ether oxygens (including phenoxy) is 1. The smallest absolute Gasteiger partial charge is 0.237 e. The van der Waals surface area contributed by atoms with Crippen LogP contribution in [-0.4, -0.2) is 63.8 Å². The van der Waals surface area contributed by atoms with Gasteiger partial charge in [-0.05, 0) is 40.5 Å². The summed E-state index contributed by atoms with van der Waals surface area (Å²) >= 11 is 0. The molecule has 28 heavy (non-hydrogen) atoms. The zero-order chi connectivity index (χ0) is 19.9. The number of hydrogen-bond acceptors (Lipinski definition) is 6. The summed E-state index contributed by atoms with van der Waals surface area (Å²) in [7, 11) is 1.66. The first-order valence-electron chi connectivity index (χ1n) is 9.61. The Morgan fingerprint density at radius 1 is 1.36 bits per heavy atom. The molecule has 8 heteroatoms. The zero-order valence-electron chi connectivity index (χ0n) is 16.7. The molecule has 1 amide bonds. The minimum absolute atomic E-state index is 0.0714. The number of hydrogen-bond donors (Lipinski definition) is 1. The van der Waals surface area contributed by atoms with Crippen LogP contribution in [0.25, 0.3) is 6.08 Å². The third kappa shape index (κ3) is 5.16. The quantitative estimate of drug-likeness (QED) is 0.747. The Morgan fingerprint density at radius 3 is 2.79 bits per heavy atom. The van der Waals surface area contributed by atoms with Crippen molar-refractivity contribution in [2.75, 3.05) is 26.7 Å². The van der Waals surface area contributed by atoms with Crippen molar-refractivity contribution in [3.63, 3.8) is 0 Å². The van der Waals surface area contributed by atoms with E-state index in [1.54, 1.807) is 18.1 Å². The number of carbonyl (C=O) groups is 1. The number of nitrogens with one attached hydrogen (secondary N) is 1. The van der Waals surface area contributed by atoms with Gasteiger partial charge in [0.1, 0.15) is 12.1 Å². The van der Waals surface area contributed by atoms with E-state index in [1.165, 1.54) is 0 Å². The number of rotatable bonds is 8. The summed E-state index contributed by atoms with van der Waals surface area (Å²) in [6, 6.07) is 7.80. The maximum Gasteiger partial charge on any atom is 0.237 e. The Labute approximate surface area is 165 Å². The molecule has 0 bridgehead atoms. The topological polar surface area (TPSA) is 85.2 Å². The van der Waals surface area contributed by atoms with Crippen LogP contribution in [0.5, 0.6) is 5.75 Å². The van der Waals surface area contributed by atoms with Crippen molar-refractivity contribution in [3.05, 3.63) is 42.2 Å². The number of amides is 1. The van der Waals surface area contributed by atoms with Crippen LogP contribution < -0.4 is 10.1 Å². The van der Waals surface area contributed by atoms with Gasteiger partial charge in [0.05, 0.1) is 19.2 Å². The van der Waals surface area contributed by atoms with Crippen molar-refractivity contribution in [2.24, 2.45) is 5.92 Å². The van der Waals surface area contributed by atoms with E-state index in [4.69, 9.17) is 4.74 Å². The summed E-state index contributed by atoms with van der Waals surface area (Å²) in [5, 5.41) is 14.5. The molecule has 0 unspecified atom stereocenters. The molecule has 0 spiro atoms. The van der Waals surface area contributed by atoms with Crippen LogP contribution in [0.15, 0.2) is 36.7 Å². The van der Waals surface area contributed by atoms with Gasteiger partial charge in [-0.15, -0.1) is 5.10 Å². The van der Waals surface area contributed by atoms with Crippen LogP contribution in [-0.2, 0) is 4.79 Å². The van der Waals surface area contributed by atoms with E-state index in [0.717, 1.165) is 17.9 Å². The largest absolute Gasteiger partial charge is 0.497 e. The summed E-state index contributed by atoms with van der Waals surface area (Å²) in [4.78, 5) is 14.9. The molecule has 0 aliphatic carbocycles. The number of aromatic nitrogens is 4. The highest BCUT2D eigenvalue weighted by Gasteiger charge is 2.37. The van der Waals surface area contributed by atoms with Crippen LogP contribution in [0.3, 0.4) is 0 Å². The van der Waals surface area contributed by atoms with Gasteiger partial charge in [0.25, 0.3) is 0 Å². The van der Waals surface area contributed by atoms with Gasteiger partial charge in [-0.2, -0.15) is 0 Å². The highest BCUT2D eigenvalue weighted by molar-refractivity contribution is 5.82. The van der Waals surface area contributed by atoms with E-state index in [0.29, 0.717) is 25.4 Å². The number of nitrogens with zero attached hydrogens (tertiary/aromatic N) is 5. The van der Waals surface area contributed by atoms with Crippen LogP contribution >= 0.6 is 0 Å². The minimum atomic E-state index is -0.187. The van der Waals surface area contributed by atoms with Crippen molar-refractivity contribution < 1.29 is 9.53 Å². The number of likely N-dealkylation sites (tertiary alicyclic amines) is 1. The van der Waals surface area contributed by atoms with Gasteiger partial charge in [-0.25, -0.2) is 4.68 Å². The molecule has 1 saturated heterocycles. The van der Waals surface area contributed by atoms with Crippen LogP contribution in [0.2, 0.25) is 0 Å². The molecule has 2 heterocycles. The summed E-state index contributed by atoms with van der Waals surface area (Å²) in [5.74, 6) is 1.33. The molecule has 1 aliphatic rings. The number of tetrazole rings is 1. The standard InChI is InChI=1S/C20H28N6O2/c1-15(2)12-21-20(27)19-11-17(26-14-22-23-24-26)13-25(19)10-4-5-16-6-8-18(28-3)9-7-16/h4-9,14-15,17,19H,10-13H2,1-3H3,(H,21,27)/b5-4+/t17-,19+/m1/s1. The molecule has 1 aromatic carbocycles. The lowest BCUT2D eigenvalue weighted by Crippen LogP contribution is -2.44. The lowest BCUT2D eigenvalue weighted by Gasteiger charge is -2.22. The molecule has 1 aliphatic heterocycles. The fourth-order valence-electron chi connectivity index (χ4n) is 3.34. The van der Waals surface area contributed by atoms with Gasteiger partial charge in [-0.3, -0.25) is 9.69 Å². The minimum Gasteiger partial charge on any atom is -0.497 e. The number of benzene rings is 1. The van der Waals surface area contributed by atoms with Gasteiger partial charge >= 0.3 is 0 Å². The first kappa shape index (κ1) is 20.0. The first-order valence-corrected chi connectivity index (χ1v) is 9.61. The molecular formula is C20H28N6O2. The molecular weight excluding hydrogens is 356 g/mol. The van der Waals surface area contributed by atoms with Crippen molar-refractivity contribution in [1.29, 1.82) is 0 Å². The Kier molecular flexibility index (Phi) is 6.76. The zero-order valence-corrected chi connectivity index (χ0v) is 16.7. The molecule has 150 valence electrons. The van der Waals surface area contributed by atoms with Crippen LogP contribution in [0.1, 0.15) is 31.9 Å². The lowest BCUT2D eigenvalue weighted by molar-refractivity contribution is -0.125. The number of carbonyl (C=O) groups excluding carboxylic acids is 1. The highest BCUT2D eigenvalue weighted by atomic mass is 16.5. The van der Waals surface area contributed by atoms with Crippen molar-refractivity contribution >= 4 is 12.0 Å². The van der Waals surface area contributed by atoms with E-state index < -0.39 is 0 Å². The van der Waals surface area contributed by atoms with Crippen molar-refractivity contribution in [1.82, 2.24) is 30.4 Å². The van der Waals surface area contributed by atoms with Crippen LogP contribution in [0, 0.1) is 5.92 Å². The summed E-state index contributed by atoms with van der Waals surface area (Å²) in [5.41, 5.74) is 1.10. The molecule has 0 radical (unpaired) electrons. The average Bonchev–Trinajstić information content (AvgIpc) is 3.36. The molecule has 1 aromatic heterocycles. The van der Waals surface area contributed by atoms with Gasteiger partial charge in [-0.1, -0.05) is 38.1 Å². The van der Waals surface area contributed by atoms with Crippen molar-refractivity contribution in [3.8, 4) is 5.75 Å². The van der Waals surface area contributed by atoms with E-state index in [9.17, 15) is 4.79 Å². The number of methoxy groups -OCH3 is 1. The Balaban J connectivity index is 1.65. The second kappa shape index (κ2) is 9.45. The highest BCUT2D eigenvalue weighted by Crippen LogP contribution is 2.26. The van der Waals surface area contributed by atoms with E-state index in [-0.39, 0.29) is 18.0 Å². The molecule has 0 saturated carbocycles. The normalized spacial score (nSPS) is 20.1. The Hall–Kier alpha value is -2.74. The first-order chi connectivity index (χ1) is 13.6. The van der Waals surface area contributed by atoms with Gasteiger partial charge < -0.3 is 10.1 Å². The maximum absolute atomic E-state index is 12.7. The predicted octanol–water partition coefficient (Wildman–Crippen LogP) is 1.78. The van der Waals surface area contributed by atoms with Crippen LogP contribution in [0.4, 0.5) is 0 Å². The van der Waals surface area contributed by atoms with Crippen molar-refractivity contribution in [2.45, 2.75) is 32.4 Å². The fraction of sp³-hybridized carbons (Fsp3) is 0.500. The van der Waals surface area contributed by atoms with Gasteiger partial charge in [0.15, 0.2) is 0 Å². The van der Waals surface area contributed by atoms with E-state index in [2.05, 4.69) is 51.7 Å². The van der Waals surface area contributed by atoms with E-state index >= 15 is 0 Å². The predicted molar refractivity (Wildman–Crippen MR) is 107 cm³/mol. The lowest BCUT2D eigenvalue weighted by atomic mass is 10.1. The summed E-state index contributed by atoms with van der Waals surface area (Å²) in [6.07, 6.45) is 6.47. The molecule has 1 N–H and O–H groups in total. The Morgan fingerprint density at radius 2 is 2.14 bits per heavy atom. The second-order valence-electron chi connectivity index (χ2n) is 7.46. The molecule has 8 nitrogen and oxygen atoms in total. The molecule has 3 rings (SSSR count). The third-order valence-electron chi connectivity index (χ3n) is 4.87. The maximum atomic E-state index is 12.7. The van der Waals surface area contributed by atoms with Gasteiger partial charge in [0.2, 0.25) is 5.91 Å². The summed E-state index contributed by atoms with van der Waals surface area (Å²) < 4.78 is 6.93. The average molecular weight is 384 g/mol. The SMILES string of the molecule is COc1ccc(/C=C/CN2C[C@H](n3cnnn3)C[C@H]2C(=O)NCC(C)C)cc1. The van der Waals surface area contributed by atoms with E-state index in [1.807, 2.05) is 24.3 Å². The van der Waals surface area contributed by atoms with Gasteiger partial charge in [0, 0.05) is 19.6 Å². The monoisotopic (exact) mass is 384 g/mol. The molecule has 2 aromatic rings. The summed E-state index contributed by atoms with van der Waals surface area (Å²) in [6.45, 7) is 6.28. The fourth-order valence-corrected chi connectivity index (χ4v) is 3.34.